The lowest BCUT2D eigenvalue weighted by Gasteiger charge is -2.23. The Morgan fingerprint density at radius 2 is 1.69 bits per heavy atom. The third-order valence-electron chi connectivity index (χ3n) is 6.54. The van der Waals surface area contributed by atoms with Crippen LogP contribution in [0.5, 0.6) is 5.88 Å². The van der Waals surface area contributed by atoms with Crippen molar-refractivity contribution in [3.05, 3.63) is 84.1 Å². The Hall–Kier alpha value is -3.11. The van der Waals surface area contributed by atoms with Crippen LogP contribution in [0.15, 0.2) is 77.8 Å². The van der Waals surface area contributed by atoms with Gasteiger partial charge in [-0.25, -0.2) is 13.4 Å². The molecule has 1 aliphatic heterocycles. The van der Waals surface area contributed by atoms with Crippen LogP contribution in [-0.2, 0) is 23.0 Å². The molecule has 1 aliphatic carbocycles. The van der Waals surface area contributed by atoms with Gasteiger partial charge in [0.05, 0.1) is 11.6 Å². The second-order valence-corrected chi connectivity index (χ2v) is 10.9. The quantitative estimate of drug-likeness (QED) is 0.463. The second kappa shape index (κ2) is 8.83. The molecule has 2 aromatic carbocycles. The molecule has 2 aliphatic rings. The first-order chi connectivity index (χ1) is 16.7. The summed E-state index contributed by atoms with van der Waals surface area (Å²) in [5.41, 5.74) is -2.48. The molecule has 35 heavy (non-hydrogen) atoms. The average Bonchev–Trinajstić information content (AvgIpc) is 3.54. The lowest BCUT2D eigenvalue weighted by atomic mass is 10.2. The standard InChI is InChI=1S/C25H24F3N3O3S/c26-25(27,28)35(32,33)22-8-6-21(7-9-22)30-17-24(11-12-24)31(18-30)15-20-10-13-29-23(14-20)34-16-19-4-2-1-3-5-19/h1-10,13-14H,11-12,15-18H2. The third-order valence-corrected chi connectivity index (χ3v) is 8.05. The molecule has 1 aromatic heterocycles. The number of alkyl halides is 3. The van der Waals surface area contributed by atoms with E-state index in [9.17, 15) is 21.6 Å². The van der Waals surface area contributed by atoms with E-state index >= 15 is 0 Å². The highest BCUT2D eigenvalue weighted by Crippen LogP contribution is 2.48. The fourth-order valence-corrected chi connectivity index (χ4v) is 5.18. The number of sulfone groups is 1. The average molecular weight is 504 g/mol. The number of aromatic nitrogens is 1. The molecule has 1 saturated heterocycles. The van der Waals surface area contributed by atoms with Crippen molar-refractivity contribution in [3.8, 4) is 5.88 Å². The molecule has 0 atom stereocenters. The summed E-state index contributed by atoms with van der Waals surface area (Å²) >= 11 is 0. The number of rotatable bonds is 7. The number of nitrogens with zero attached hydrogens (tertiary/aromatic N) is 3. The molecule has 1 saturated carbocycles. The number of halogens is 3. The number of ether oxygens (including phenoxy) is 1. The van der Waals surface area contributed by atoms with Gasteiger partial charge in [0.25, 0.3) is 9.84 Å². The van der Waals surface area contributed by atoms with Crippen molar-refractivity contribution in [2.75, 3.05) is 18.1 Å². The topological polar surface area (TPSA) is 62.7 Å². The van der Waals surface area contributed by atoms with Crippen molar-refractivity contribution in [3.63, 3.8) is 0 Å². The zero-order valence-corrected chi connectivity index (χ0v) is 19.6. The second-order valence-electron chi connectivity index (χ2n) is 8.98. The van der Waals surface area contributed by atoms with Crippen LogP contribution in [0.2, 0.25) is 0 Å². The van der Waals surface area contributed by atoms with Crippen LogP contribution in [-0.4, -0.2) is 42.6 Å². The van der Waals surface area contributed by atoms with E-state index in [4.69, 9.17) is 4.74 Å². The van der Waals surface area contributed by atoms with Crippen LogP contribution in [0, 0.1) is 0 Å². The zero-order valence-electron chi connectivity index (χ0n) is 18.8. The first-order valence-electron chi connectivity index (χ1n) is 11.2. The van der Waals surface area contributed by atoms with E-state index < -0.39 is 20.2 Å². The molecule has 0 amide bonds. The van der Waals surface area contributed by atoms with Crippen LogP contribution in [0.3, 0.4) is 0 Å². The van der Waals surface area contributed by atoms with Crippen molar-refractivity contribution in [1.29, 1.82) is 0 Å². The van der Waals surface area contributed by atoms with Crippen molar-refractivity contribution in [2.45, 2.75) is 41.9 Å². The van der Waals surface area contributed by atoms with Gasteiger partial charge in [-0.1, -0.05) is 30.3 Å². The number of anilines is 1. The Morgan fingerprint density at radius 1 is 0.971 bits per heavy atom. The predicted octanol–water partition coefficient (Wildman–Crippen LogP) is 4.77. The minimum atomic E-state index is -5.35. The minimum absolute atomic E-state index is 0.0189. The maximum absolute atomic E-state index is 12.8. The smallest absolute Gasteiger partial charge is 0.473 e. The Morgan fingerprint density at radius 3 is 2.34 bits per heavy atom. The summed E-state index contributed by atoms with van der Waals surface area (Å²) in [6.07, 6.45) is 3.79. The Balaban J connectivity index is 1.26. The number of pyridine rings is 1. The van der Waals surface area contributed by atoms with Crippen LogP contribution in [0.4, 0.5) is 18.9 Å². The third kappa shape index (κ3) is 4.85. The number of hydrogen-bond donors (Lipinski definition) is 0. The van der Waals surface area contributed by atoms with E-state index in [-0.39, 0.29) is 5.54 Å². The number of hydrogen-bond acceptors (Lipinski definition) is 6. The summed E-state index contributed by atoms with van der Waals surface area (Å²) in [5.74, 6) is 0.550. The molecule has 0 radical (unpaired) electrons. The highest BCUT2D eigenvalue weighted by Gasteiger charge is 2.53. The molecular formula is C25H24F3N3O3S. The van der Waals surface area contributed by atoms with Crippen LogP contribution in [0.1, 0.15) is 24.0 Å². The molecule has 6 nitrogen and oxygen atoms in total. The first kappa shape index (κ1) is 23.6. The molecule has 2 fully saturated rings. The van der Waals surface area contributed by atoms with E-state index in [0.29, 0.717) is 31.4 Å². The van der Waals surface area contributed by atoms with Gasteiger partial charge in [-0.15, -0.1) is 0 Å². The van der Waals surface area contributed by atoms with E-state index in [1.165, 1.54) is 12.1 Å². The monoisotopic (exact) mass is 503 g/mol. The van der Waals surface area contributed by atoms with Gasteiger partial charge < -0.3 is 9.64 Å². The van der Waals surface area contributed by atoms with Gasteiger partial charge in [0.15, 0.2) is 0 Å². The lowest BCUT2D eigenvalue weighted by Crippen LogP contribution is -2.32. The van der Waals surface area contributed by atoms with Crippen molar-refractivity contribution in [1.82, 2.24) is 9.88 Å². The van der Waals surface area contributed by atoms with E-state index in [1.54, 1.807) is 6.20 Å². The molecule has 5 rings (SSSR count). The van der Waals surface area contributed by atoms with Gasteiger partial charge in [0, 0.05) is 36.6 Å². The first-order valence-corrected chi connectivity index (χ1v) is 12.7. The van der Waals surface area contributed by atoms with Crippen molar-refractivity contribution < 1.29 is 26.3 Å². The van der Waals surface area contributed by atoms with Crippen LogP contribution < -0.4 is 9.64 Å². The Kier molecular flexibility index (Phi) is 5.96. The van der Waals surface area contributed by atoms with E-state index in [1.807, 2.05) is 42.5 Å². The minimum Gasteiger partial charge on any atom is -0.473 e. The SMILES string of the molecule is O=S(=O)(c1ccc(N2CN(Cc3ccnc(OCc4ccccc4)c3)C3(CC3)C2)cc1)C(F)(F)F. The van der Waals surface area contributed by atoms with Gasteiger partial charge >= 0.3 is 5.51 Å². The fourth-order valence-electron chi connectivity index (χ4n) is 4.42. The number of benzene rings is 2. The Bertz CT molecular complexity index is 1290. The lowest BCUT2D eigenvalue weighted by molar-refractivity contribution is -0.0436. The largest absolute Gasteiger partial charge is 0.501 e. The molecule has 3 aromatic rings. The fraction of sp³-hybridized carbons (Fsp3) is 0.320. The maximum Gasteiger partial charge on any atom is 0.501 e. The zero-order chi connectivity index (χ0) is 24.7. The molecule has 184 valence electrons. The molecule has 0 bridgehead atoms. The highest BCUT2D eigenvalue weighted by molar-refractivity contribution is 7.92. The Labute approximate surface area is 201 Å². The summed E-state index contributed by atoms with van der Waals surface area (Å²) in [5, 5.41) is 0. The van der Waals surface area contributed by atoms with Crippen LogP contribution >= 0.6 is 0 Å². The van der Waals surface area contributed by atoms with Gasteiger partial charge in [-0.05, 0) is 54.3 Å². The van der Waals surface area contributed by atoms with Crippen molar-refractivity contribution >= 4 is 15.5 Å². The molecule has 2 heterocycles. The summed E-state index contributed by atoms with van der Waals surface area (Å²) in [4.78, 5) is 7.99. The van der Waals surface area contributed by atoms with Gasteiger partial charge in [0.2, 0.25) is 5.88 Å². The summed E-state index contributed by atoms with van der Waals surface area (Å²) in [7, 11) is -5.35. The van der Waals surface area contributed by atoms with E-state index in [0.717, 1.165) is 42.6 Å². The van der Waals surface area contributed by atoms with Crippen molar-refractivity contribution in [2.24, 2.45) is 0 Å². The van der Waals surface area contributed by atoms with E-state index in [2.05, 4.69) is 14.8 Å². The molecule has 0 unspecified atom stereocenters. The van der Waals surface area contributed by atoms with Crippen LogP contribution in [0.25, 0.3) is 0 Å². The summed E-state index contributed by atoms with van der Waals surface area (Å²) in [6, 6.07) is 18.7. The van der Waals surface area contributed by atoms with Gasteiger partial charge in [-0.2, -0.15) is 13.2 Å². The molecular weight excluding hydrogens is 479 g/mol. The molecule has 0 N–H and O–H groups in total. The normalized spacial score (nSPS) is 17.6. The molecule has 10 heteroatoms. The maximum atomic E-state index is 12.8. The van der Waals surface area contributed by atoms with Gasteiger partial charge in [0.1, 0.15) is 6.61 Å². The predicted molar refractivity (Wildman–Crippen MR) is 124 cm³/mol. The summed E-state index contributed by atoms with van der Waals surface area (Å²) < 4.78 is 67.6. The van der Waals surface area contributed by atoms with Gasteiger partial charge in [-0.3, -0.25) is 4.90 Å². The summed E-state index contributed by atoms with van der Waals surface area (Å²) in [6.45, 7) is 2.44. The molecule has 1 spiro atoms. The highest BCUT2D eigenvalue weighted by atomic mass is 32.2.